The Bertz CT molecular complexity index is 585. The van der Waals surface area contributed by atoms with Crippen molar-refractivity contribution in [3.05, 3.63) is 57.2 Å². The molecule has 0 atom stereocenters. The molecule has 0 bridgehead atoms. The fourth-order valence-corrected chi connectivity index (χ4v) is 2.14. The molecule has 0 spiro atoms. The van der Waals surface area contributed by atoms with E-state index in [1.165, 1.54) is 3.57 Å². The molecule has 2 aromatic carbocycles. The summed E-state index contributed by atoms with van der Waals surface area (Å²) in [5.41, 5.74) is 3.77. The van der Waals surface area contributed by atoms with E-state index in [1.54, 1.807) is 0 Å². The summed E-state index contributed by atoms with van der Waals surface area (Å²) >= 11 is 2.28. The van der Waals surface area contributed by atoms with Crippen LogP contribution in [0.5, 0.6) is 0 Å². The maximum Gasteiger partial charge on any atom is 0.0994 e. The Morgan fingerprint density at radius 2 is 1.88 bits per heavy atom. The van der Waals surface area contributed by atoms with Crippen molar-refractivity contribution in [1.82, 2.24) is 0 Å². The summed E-state index contributed by atoms with van der Waals surface area (Å²) in [6.07, 6.45) is 0. The molecule has 84 valence electrons. The lowest BCUT2D eigenvalue weighted by atomic mass is 10.1. The van der Waals surface area contributed by atoms with Gasteiger partial charge in [-0.15, -0.1) is 0 Å². The Morgan fingerprint density at radius 3 is 2.53 bits per heavy atom. The normalized spacial score (nSPS) is 9.71. The zero-order chi connectivity index (χ0) is 12.3. The lowest BCUT2D eigenvalue weighted by molar-refractivity contribution is 1.38. The predicted octanol–water partition coefficient (Wildman–Crippen LogP) is 4.21. The van der Waals surface area contributed by atoms with E-state index in [0.717, 1.165) is 22.5 Å². The molecule has 0 aliphatic heterocycles. The van der Waals surface area contributed by atoms with Gasteiger partial charge in [0.15, 0.2) is 0 Å². The van der Waals surface area contributed by atoms with E-state index in [4.69, 9.17) is 5.26 Å². The summed E-state index contributed by atoms with van der Waals surface area (Å²) in [7, 11) is 0. The molecule has 2 aromatic rings. The minimum atomic E-state index is 0.721. The first-order valence-electron chi connectivity index (χ1n) is 5.22. The van der Waals surface area contributed by atoms with Crippen LogP contribution in [0.2, 0.25) is 0 Å². The zero-order valence-corrected chi connectivity index (χ0v) is 11.5. The van der Waals surface area contributed by atoms with Crippen molar-refractivity contribution in [2.24, 2.45) is 0 Å². The van der Waals surface area contributed by atoms with Crippen LogP contribution in [-0.4, -0.2) is 0 Å². The van der Waals surface area contributed by atoms with E-state index < -0.39 is 0 Å². The lowest BCUT2D eigenvalue weighted by Crippen LogP contribution is -1.92. The summed E-state index contributed by atoms with van der Waals surface area (Å²) in [5, 5.41) is 12.2. The first-order chi connectivity index (χ1) is 8.19. The number of aryl methyl sites for hydroxylation is 1. The summed E-state index contributed by atoms with van der Waals surface area (Å²) in [4.78, 5) is 0. The Labute approximate surface area is 114 Å². The van der Waals surface area contributed by atoms with Crippen LogP contribution in [0.4, 0.5) is 11.4 Å². The molecule has 0 radical (unpaired) electrons. The molecule has 17 heavy (non-hydrogen) atoms. The highest BCUT2D eigenvalue weighted by molar-refractivity contribution is 14.1. The monoisotopic (exact) mass is 334 g/mol. The first-order valence-corrected chi connectivity index (χ1v) is 6.30. The molecule has 0 unspecified atom stereocenters. The van der Waals surface area contributed by atoms with Crippen LogP contribution in [0.25, 0.3) is 0 Å². The van der Waals surface area contributed by atoms with E-state index in [9.17, 15) is 0 Å². The number of benzene rings is 2. The van der Waals surface area contributed by atoms with Gasteiger partial charge in [-0.25, -0.2) is 0 Å². The Hall–Kier alpha value is -1.54. The topological polar surface area (TPSA) is 35.8 Å². The fraction of sp³-hybridized carbons (Fsp3) is 0.0714. The Balaban J connectivity index is 2.25. The fourth-order valence-electron chi connectivity index (χ4n) is 1.60. The highest BCUT2D eigenvalue weighted by atomic mass is 127. The molecule has 0 heterocycles. The first kappa shape index (κ1) is 11.9. The third-order valence-electron chi connectivity index (χ3n) is 2.46. The van der Waals surface area contributed by atoms with E-state index in [-0.39, 0.29) is 0 Å². The van der Waals surface area contributed by atoms with Gasteiger partial charge in [0.2, 0.25) is 0 Å². The van der Waals surface area contributed by atoms with Crippen molar-refractivity contribution in [2.75, 3.05) is 5.32 Å². The smallest absolute Gasteiger partial charge is 0.0994 e. The molecular formula is C14H11IN2. The summed E-state index contributed by atoms with van der Waals surface area (Å²) in [6, 6.07) is 16.1. The Morgan fingerprint density at radius 1 is 1.12 bits per heavy atom. The van der Waals surface area contributed by atoms with Crippen LogP contribution < -0.4 is 5.32 Å². The highest BCUT2D eigenvalue weighted by Gasteiger charge is 2.00. The van der Waals surface area contributed by atoms with Gasteiger partial charge in [0, 0.05) is 14.9 Å². The lowest BCUT2D eigenvalue weighted by Gasteiger charge is -2.08. The van der Waals surface area contributed by atoms with Crippen LogP contribution in [0, 0.1) is 21.8 Å². The number of nitriles is 1. The van der Waals surface area contributed by atoms with Crippen LogP contribution in [-0.2, 0) is 0 Å². The van der Waals surface area contributed by atoms with Gasteiger partial charge in [0.25, 0.3) is 0 Å². The van der Waals surface area contributed by atoms with Crippen LogP contribution in [0.3, 0.4) is 0 Å². The second-order valence-electron chi connectivity index (χ2n) is 3.78. The quantitative estimate of drug-likeness (QED) is 0.835. The van der Waals surface area contributed by atoms with Gasteiger partial charge < -0.3 is 5.32 Å². The second-order valence-corrected chi connectivity index (χ2v) is 5.02. The predicted molar refractivity (Wildman–Crippen MR) is 78.3 cm³/mol. The summed E-state index contributed by atoms with van der Waals surface area (Å²) in [6.45, 7) is 1.94. The molecule has 0 aliphatic carbocycles. The summed E-state index contributed by atoms with van der Waals surface area (Å²) in [5.74, 6) is 0. The molecule has 1 N–H and O–H groups in total. The van der Waals surface area contributed by atoms with Crippen LogP contribution >= 0.6 is 22.6 Å². The van der Waals surface area contributed by atoms with Crippen LogP contribution in [0.1, 0.15) is 11.1 Å². The molecule has 0 fully saturated rings. The average molecular weight is 334 g/mol. The van der Waals surface area contributed by atoms with E-state index >= 15 is 0 Å². The van der Waals surface area contributed by atoms with Crippen molar-refractivity contribution in [3.8, 4) is 6.07 Å². The van der Waals surface area contributed by atoms with E-state index in [1.807, 2.05) is 37.3 Å². The van der Waals surface area contributed by atoms with Crippen molar-refractivity contribution in [3.63, 3.8) is 0 Å². The molecule has 2 nitrogen and oxygen atoms in total. The van der Waals surface area contributed by atoms with E-state index in [0.29, 0.717) is 0 Å². The van der Waals surface area contributed by atoms with Gasteiger partial charge in [0.05, 0.1) is 11.6 Å². The van der Waals surface area contributed by atoms with Gasteiger partial charge in [-0.2, -0.15) is 5.26 Å². The molecule has 0 saturated heterocycles. The van der Waals surface area contributed by atoms with Gasteiger partial charge in [-0.1, -0.05) is 6.07 Å². The van der Waals surface area contributed by atoms with Gasteiger partial charge >= 0.3 is 0 Å². The molecule has 2 rings (SSSR count). The number of nitrogens with zero attached hydrogens (tertiary/aromatic N) is 1. The minimum Gasteiger partial charge on any atom is -0.355 e. The number of rotatable bonds is 2. The molecular weight excluding hydrogens is 323 g/mol. The van der Waals surface area contributed by atoms with E-state index in [2.05, 4.69) is 46.1 Å². The van der Waals surface area contributed by atoms with Crippen molar-refractivity contribution in [1.29, 1.82) is 5.26 Å². The number of anilines is 2. The Kier molecular flexibility index (Phi) is 3.64. The van der Waals surface area contributed by atoms with Gasteiger partial charge in [-0.05, 0) is 71.5 Å². The number of nitrogens with one attached hydrogen (secondary N) is 1. The second kappa shape index (κ2) is 5.19. The van der Waals surface area contributed by atoms with Crippen LogP contribution in [0.15, 0.2) is 42.5 Å². The minimum absolute atomic E-state index is 0.721. The molecule has 3 heteroatoms. The third kappa shape index (κ3) is 2.98. The molecule has 0 aromatic heterocycles. The van der Waals surface area contributed by atoms with Crippen molar-refractivity contribution in [2.45, 2.75) is 6.92 Å². The molecule has 0 amide bonds. The van der Waals surface area contributed by atoms with Gasteiger partial charge in [0.1, 0.15) is 0 Å². The van der Waals surface area contributed by atoms with Gasteiger partial charge in [-0.3, -0.25) is 0 Å². The standard InChI is InChI=1S/C14H11IN2/c1-10-7-14(6-5-11(10)9-16)17-13-4-2-3-12(15)8-13/h2-8,17H,1H3. The average Bonchev–Trinajstić information content (AvgIpc) is 2.29. The number of hydrogen-bond acceptors (Lipinski definition) is 2. The molecule has 0 aliphatic rings. The highest BCUT2D eigenvalue weighted by Crippen LogP contribution is 2.20. The summed E-state index contributed by atoms with van der Waals surface area (Å²) < 4.78 is 1.19. The SMILES string of the molecule is Cc1cc(Nc2cccc(I)c2)ccc1C#N. The van der Waals surface area contributed by atoms with Crippen molar-refractivity contribution < 1.29 is 0 Å². The number of halogens is 1. The third-order valence-corrected chi connectivity index (χ3v) is 3.13. The largest absolute Gasteiger partial charge is 0.355 e. The van der Waals surface area contributed by atoms with Crippen molar-refractivity contribution >= 4 is 34.0 Å². The number of hydrogen-bond donors (Lipinski definition) is 1. The maximum atomic E-state index is 8.86. The zero-order valence-electron chi connectivity index (χ0n) is 9.37. The maximum absolute atomic E-state index is 8.86. The molecule has 0 saturated carbocycles.